The van der Waals surface area contributed by atoms with Crippen molar-refractivity contribution in [3.63, 3.8) is 0 Å². The number of amides is 1. The number of rotatable bonds is 4. The minimum Gasteiger partial charge on any atom is -0.496 e. The van der Waals surface area contributed by atoms with Gasteiger partial charge < -0.3 is 15.2 Å². The lowest BCUT2D eigenvalue weighted by Gasteiger charge is -2.13. The molecule has 2 N–H and O–H groups in total. The summed E-state index contributed by atoms with van der Waals surface area (Å²) in [6, 6.07) is 4.91. The molecule has 5 heteroatoms. The van der Waals surface area contributed by atoms with Gasteiger partial charge in [-0.3, -0.25) is 4.79 Å². The highest BCUT2D eigenvalue weighted by Gasteiger charge is 2.14. The number of nitrogens with one attached hydrogen (secondary N) is 1. The lowest BCUT2D eigenvalue weighted by Crippen LogP contribution is -2.35. The van der Waals surface area contributed by atoms with Crippen LogP contribution >= 0.6 is 15.9 Å². The van der Waals surface area contributed by atoms with Gasteiger partial charge in [0, 0.05) is 10.5 Å². The third kappa shape index (κ3) is 3.21. The van der Waals surface area contributed by atoms with Gasteiger partial charge in [-0.15, -0.1) is 0 Å². The summed E-state index contributed by atoms with van der Waals surface area (Å²) < 4.78 is 5.89. The molecule has 1 amide bonds. The van der Waals surface area contributed by atoms with Crippen LogP contribution in [0.2, 0.25) is 0 Å². The predicted molar refractivity (Wildman–Crippen MR) is 64.7 cm³/mol. The summed E-state index contributed by atoms with van der Waals surface area (Å²) >= 11 is 3.29. The average molecular weight is 288 g/mol. The van der Waals surface area contributed by atoms with Crippen molar-refractivity contribution in [3.8, 4) is 5.75 Å². The highest BCUT2D eigenvalue weighted by molar-refractivity contribution is 9.10. The van der Waals surface area contributed by atoms with Crippen LogP contribution in [0.15, 0.2) is 22.7 Å². The number of ether oxygens (including phenoxy) is 1. The Balaban J connectivity index is 2.93. The SMILES string of the molecule is COc1ccc(Br)cc1C(=O)NC(C)CO. The standard InChI is InChI=1S/C11H14BrNO3/c1-7(6-14)13-11(15)9-5-8(12)3-4-10(9)16-2/h3-5,7,14H,6H2,1-2H3,(H,13,15). The van der Waals surface area contributed by atoms with E-state index in [2.05, 4.69) is 21.2 Å². The third-order valence-electron chi connectivity index (χ3n) is 2.06. The van der Waals surface area contributed by atoms with E-state index in [4.69, 9.17) is 9.84 Å². The van der Waals surface area contributed by atoms with Gasteiger partial charge in [-0.1, -0.05) is 15.9 Å². The van der Waals surface area contributed by atoms with Crippen molar-refractivity contribution in [1.82, 2.24) is 5.32 Å². The molecule has 0 spiro atoms. The van der Waals surface area contributed by atoms with Gasteiger partial charge in [-0.05, 0) is 25.1 Å². The molecule has 0 saturated heterocycles. The van der Waals surface area contributed by atoms with Crippen molar-refractivity contribution in [2.75, 3.05) is 13.7 Å². The molecule has 1 unspecified atom stereocenters. The summed E-state index contributed by atoms with van der Waals surface area (Å²) in [7, 11) is 1.51. The molecule has 0 aromatic heterocycles. The first-order chi connectivity index (χ1) is 7.58. The number of aliphatic hydroxyl groups is 1. The summed E-state index contributed by atoms with van der Waals surface area (Å²) in [5, 5.41) is 11.5. The van der Waals surface area contributed by atoms with Gasteiger partial charge in [0.05, 0.1) is 19.3 Å². The maximum absolute atomic E-state index is 11.8. The van der Waals surface area contributed by atoms with Crippen LogP contribution in [0.25, 0.3) is 0 Å². The van der Waals surface area contributed by atoms with Crippen LogP contribution in [0, 0.1) is 0 Å². The molecule has 0 aliphatic rings. The highest BCUT2D eigenvalue weighted by Crippen LogP contribution is 2.22. The van der Waals surface area contributed by atoms with E-state index in [1.54, 1.807) is 25.1 Å². The fourth-order valence-corrected chi connectivity index (χ4v) is 1.57. The van der Waals surface area contributed by atoms with Gasteiger partial charge in [0.2, 0.25) is 0 Å². The Morgan fingerprint density at radius 3 is 2.88 bits per heavy atom. The smallest absolute Gasteiger partial charge is 0.255 e. The summed E-state index contributed by atoms with van der Waals surface area (Å²) in [5.74, 6) is 0.241. The Morgan fingerprint density at radius 1 is 1.62 bits per heavy atom. The molecular formula is C11H14BrNO3. The van der Waals surface area contributed by atoms with Crippen LogP contribution < -0.4 is 10.1 Å². The van der Waals surface area contributed by atoms with E-state index in [-0.39, 0.29) is 18.6 Å². The van der Waals surface area contributed by atoms with E-state index >= 15 is 0 Å². The third-order valence-corrected chi connectivity index (χ3v) is 2.55. The average Bonchev–Trinajstić information content (AvgIpc) is 2.28. The van der Waals surface area contributed by atoms with Crippen molar-refractivity contribution in [2.45, 2.75) is 13.0 Å². The largest absolute Gasteiger partial charge is 0.496 e. The summed E-state index contributed by atoms with van der Waals surface area (Å²) in [4.78, 5) is 11.8. The molecule has 1 rings (SSSR count). The Hall–Kier alpha value is -1.07. The second kappa shape index (κ2) is 5.86. The Labute approximate surface area is 103 Å². The number of halogens is 1. The fourth-order valence-electron chi connectivity index (χ4n) is 1.20. The topological polar surface area (TPSA) is 58.6 Å². The molecule has 4 nitrogen and oxygen atoms in total. The minimum atomic E-state index is -0.281. The quantitative estimate of drug-likeness (QED) is 0.884. The van der Waals surface area contributed by atoms with Crippen LogP contribution in [-0.2, 0) is 0 Å². The van der Waals surface area contributed by atoms with Gasteiger partial charge in [-0.25, -0.2) is 0 Å². The molecule has 1 atom stereocenters. The van der Waals surface area contributed by atoms with Crippen LogP contribution in [0.1, 0.15) is 17.3 Å². The van der Waals surface area contributed by atoms with Crippen LogP contribution in [0.5, 0.6) is 5.75 Å². The molecule has 0 heterocycles. The monoisotopic (exact) mass is 287 g/mol. The van der Waals surface area contributed by atoms with Crippen molar-refractivity contribution in [1.29, 1.82) is 0 Å². The zero-order chi connectivity index (χ0) is 12.1. The normalized spacial score (nSPS) is 12.0. The van der Waals surface area contributed by atoms with Gasteiger partial charge in [0.25, 0.3) is 5.91 Å². The number of aliphatic hydroxyl groups excluding tert-OH is 1. The van der Waals surface area contributed by atoms with Gasteiger partial charge in [-0.2, -0.15) is 0 Å². The zero-order valence-corrected chi connectivity index (χ0v) is 10.7. The number of benzene rings is 1. The summed E-state index contributed by atoms with van der Waals surface area (Å²) in [5.41, 5.74) is 0.442. The minimum absolute atomic E-state index is 0.0952. The molecular weight excluding hydrogens is 274 g/mol. The zero-order valence-electron chi connectivity index (χ0n) is 9.16. The van der Waals surface area contributed by atoms with E-state index in [9.17, 15) is 4.79 Å². The molecule has 1 aromatic rings. The number of methoxy groups -OCH3 is 1. The summed E-state index contributed by atoms with van der Waals surface area (Å²) in [6.45, 7) is 1.63. The second-order valence-corrected chi connectivity index (χ2v) is 4.32. The molecule has 0 aliphatic carbocycles. The van der Waals surface area contributed by atoms with E-state index < -0.39 is 0 Å². The van der Waals surface area contributed by atoms with Crippen LogP contribution in [0.3, 0.4) is 0 Å². The van der Waals surface area contributed by atoms with Crippen LogP contribution in [0.4, 0.5) is 0 Å². The molecule has 0 aliphatic heterocycles. The number of hydrogen-bond acceptors (Lipinski definition) is 3. The van der Waals surface area contributed by atoms with E-state index in [1.165, 1.54) is 7.11 Å². The van der Waals surface area contributed by atoms with Crippen molar-refractivity contribution < 1.29 is 14.6 Å². The molecule has 16 heavy (non-hydrogen) atoms. The summed E-state index contributed by atoms with van der Waals surface area (Å²) in [6.07, 6.45) is 0. The van der Waals surface area contributed by atoms with E-state index in [0.29, 0.717) is 11.3 Å². The first-order valence-corrected chi connectivity index (χ1v) is 5.63. The Kier molecular flexibility index (Phi) is 4.76. The van der Waals surface area contributed by atoms with E-state index in [1.807, 2.05) is 0 Å². The highest BCUT2D eigenvalue weighted by atomic mass is 79.9. The molecule has 88 valence electrons. The molecule has 0 fully saturated rings. The second-order valence-electron chi connectivity index (χ2n) is 3.40. The fraction of sp³-hybridized carbons (Fsp3) is 0.364. The maximum atomic E-state index is 11.8. The first kappa shape index (κ1) is 13.0. The van der Waals surface area contributed by atoms with Crippen LogP contribution in [-0.4, -0.2) is 30.8 Å². The Morgan fingerprint density at radius 2 is 2.31 bits per heavy atom. The van der Waals surface area contributed by atoms with Gasteiger partial charge >= 0.3 is 0 Å². The first-order valence-electron chi connectivity index (χ1n) is 4.83. The number of carbonyl (C=O) groups excluding carboxylic acids is 1. The lowest BCUT2D eigenvalue weighted by molar-refractivity contribution is 0.0919. The molecule has 0 radical (unpaired) electrons. The number of hydrogen-bond donors (Lipinski definition) is 2. The van der Waals surface area contributed by atoms with Gasteiger partial charge in [0.1, 0.15) is 5.75 Å². The predicted octanol–water partition coefficient (Wildman–Crippen LogP) is 1.57. The Bertz CT molecular complexity index is 381. The lowest BCUT2D eigenvalue weighted by atomic mass is 10.2. The number of carbonyl (C=O) groups is 1. The van der Waals surface area contributed by atoms with Gasteiger partial charge in [0.15, 0.2) is 0 Å². The van der Waals surface area contributed by atoms with Crippen molar-refractivity contribution >= 4 is 21.8 Å². The molecule has 1 aromatic carbocycles. The maximum Gasteiger partial charge on any atom is 0.255 e. The molecule has 0 bridgehead atoms. The van der Waals surface area contributed by atoms with Crippen molar-refractivity contribution in [2.24, 2.45) is 0 Å². The van der Waals surface area contributed by atoms with E-state index in [0.717, 1.165) is 4.47 Å². The van der Waals surface area contributed by atoms with Crippen molar-refractivity contribution in [3.05, 3.63) is 28.2 Å². The molecule has 0 saturated carbocycles.